The predicted octanol–water partition coefficient (Wildman–Crippen LogP) is 1.84. The third-order valence-electron chi connectivity index (χ3n) is 2.56. The molecule has 0 unspecified atom stereocenters. The van der Waals surface area contributed by atoms with E-state index in [0.29, 0.717) is 5.69 Å². The van der Waals surface area contributed by atoms with E-state index < -0.39 is 16.9 Å². The van der Waals surface area contributed by atoms with Gasteiger partial charge in [0.25, 0.3) is 5.69 Å². The smallest absolute Gasteiger partial charge is 0.336 e. The molecule has 23 heavy (non-hydrogen) atoms. The second-order valence-electron chi connectivity index (χ2n) is 4.30. The molecule has 2 aromatic carbocycles. The van der Waals surface area contributed by atoms with Gasteiger partial charge in [-0.05, 0) is 30.3 Å². The number of carboxylic acids is 2. The maximum atomic E-state index is 10.4. The van der Waals surface area contributed by atoms with Gasteiger partial charge in [-0.1, -0.05) is 0 Å². The van der Waals surface area contributed by atoms with Crippen LogP contribution in [-0.2, 0) is 0 Å². The van der Waals surface area contributed by atoms with Gasteiger partial charge in [0.2, 0.25) is 0 Å². The minimum atomic E-state index is -1.24. The van der Waals surface area contributed by atoms with Gasteiger partial charge in [-0.25, -0.2) is 9.59 Å². The summed E-state index contributed by atoms with van der Waals surface area (Å²) < 4.78 is 0. The monoisotopic (exact) mass is 319 g/mol. The lowest BCUT2D eigenvalue weighted by molar-refractivity contribution is -0.384. The standard InChI is InChI=1S/C7H6N2O4.C7H7NO2/c8-5-1-4(7(10)11)2-6(3-5)9(12)13;8-6-3-1-5(2-4-6)7(9)10/h1-3H,8H2,(H,10,11);1-4H,8H2,(H,9,10). The fraction of sp³-hybridized carbons (Fsp3) is 0. The maximum absolute atomic E-state index is 10.4. The number of rotatable bonds is 3. The Hall–Kier alpha value is -3.62. The first-order valence-corrected chi connectivity index (χ1v) is 6.07. The van der Waals surface area contributed by atoms with Gasteiger partial charge in [-0.2, -0.15) is 0 Å². The summed E-state index contributed by atoms with van der Waals surface area (Å²) in [6, 6.07) is 9.28. The van der Waals surface area contributed by atoms with E-state index in [1.165, 1.54) is 12.1 Å². The van der Waals surface area contributed by atoms with Gasteiger partial charge in [0.05, 0.1) is 16.1 Å². The molecule has 9 heteroatoms. The summed E-state index contributed by atoms with van der Waals surface area (Å²) in [5, 5.41) is 27.3. The Bertz CT molecular complexity index is 710. The number of benzene rings is 2. The lowest BCUT2D eigenvalue weighted by Gasteiger charge is -1.97. The maximum Gasteiger partial charge on any atom is 0.336 e. The quantitative estimate of drug-likeness (QED) is 0.377. The van der Waals surface area contributed by atoms with E-state index in [9.17, 15) is 19.7 Å². The van der Waals surface area contributed by atoms with Crippen LogP contribution < -0.4 is 11.5 Å². The molecule has 2 aromatic rings. The number of aromatic carboxylic acids is 2. The number of carboxylic acid groups (broad SMARTS) is 2. The molecule has 0 radical (unpaired) electrons. The van der Waals surface area contributed by atoms with Crippen LogP contribution in [0.25, 0.3) is 0 Å². The highest BCUT2D eigenvalue weighted by Crippen LogP contribution is 2.18. The van der Waals surface area contributed by atoms with Gasteiger partial charge in [0.1, 0.15) is 0 Å². The van der Waals surface area contributed by atoms with Crippen molar-refractivity contribution in [2.24, 2.45) is 0 Å². The van der Waals surface area contributed by atoms with Crippen molar-refractivity contribution in [1.82, 2.24) is 0 Å². The predicted molar refractivity (Wildman–Crippen MR) is 82.3 cm³/mol. The molecule has 0 heterocycles. The molecule has 0 atom stereocenters. The number of carbonyl (C=O) groups is 2. The number of hydrogen-bond acceptors (Lipinski definition) is 6. The first-order chi connectivity index (χ1) is 10.7. The van der Waals surface area contributed by atoms with Crippen molar-refractivity contribution in [3.8, 4) is 0 Å². The van der Waals surface area contributed by atoms with E-state index in [1.807, 2.05) is 0 Å². The lowest BCUT2D eigenvalue weighted by Crippen LogP contribution is -2.00. The van der Waals surface area contributed by atoms with E-state index >= 15 is 0 Å². The minimum absolute atomic E-state index is 0.0617. The van der Waals surface area contributed by atoms with Gasteiger partial charge in [-0.3, -0.25) is 10.1 Å². The molecule has 6 N–H and O–H groups in total. The topological polar surface area (TPSA) is 170 Å². The Morgan fingerprint density at radius 2 is 1.39 bits per heavy atom. The van der Waals surface area contributed by atoms with Crippen molar-refractivity contribution >= 4 is 29.0 Å². The molecule has 0 aliphatic carbocycles. The van der Waals surface area contributed by atoms with Gasteiger partial charge < -0.3 is 21.7 Å². The number of nitro benzene ring substituents is 1. The van der Waals surface area contributed by atoms with Crippen LogP contribution >= 0.6 is 0 Å². The van der Waals surface area contributed by atoms with Crippen molar-refractivity contribution in [2.45, 2.75) is 0 Å². The number of nitrogen functional groups attached to an aromatic ring is 2. The summed E-state index contributed by atoms with van der Waals surface area (Å²) in [5.41, 5.74) is 11.0. The highest BCUT2D eigenvalue weighted by Gasteiger charge is 2.12. The lowest BCUT2D eigenvalue weighted by atomic mass is 10.2. The molecule has 0 aliphatic rings. The van der Waals surface area contributed by atoms with Crippen LogP contribution in [0.3, 0.4) is 0 Å². The summed E-state index contributed by atoms with van der Waals surface area (Å²) >= 11 is 0. The van der Waals surface area contributed by atoms with Crippen LogP contribution in [0.2, 0.25) is 0 Å². The fourth-order valence-electron chi connectivity index (χ4n) is 1.49. The summed E-state index contributed by atoms with van der Waals surface area (Å²) in [6.45, 7) is 0. The van der Waals surface area contributed by atoms with Crippen molar-refractivity contribution in [1.29, 1.82) is 0 Å². The molecule has 0 saturated heterocycles. The normalized spacial score (nSPS) is 9.39. The van der Waals surface area contributed by atoms with E-state index in [0.717, 1.165) is 18.2 Å². The van der Waals surface area contributed by atoms with E-state index in [-0.39, 0.29) is 22.5 Å². The zero-order valence-corrected chi connectivity index (χ0v) is 11.7. The van der Waals surface area contributed by atoms with Gasteiger partial charge in [0, 0.05) is 23.5 Å². The summed E-state index contributed by atoms with van der Waals surface area (Å²) in [6.07, 6.45) is 0. The molecular formula is C14H13N3O6. The zero-order valence-electron chi connectivity index (χ0n) is 11.7. The summed E-state index contributed by atoms with van der Waals surface area (Å²) in [7, 11) is 0. The Morgan fingerprint density at radius 3 is 1.83 bits per heavy atom. The molecule has 9 nitrogen and oxygen atoms in total. The number of nitrogens with two attached hydrogens (primary N) is 2. The Morgan fingerprint density at radius 1 is 0.870 bits per heavy atom. The SMILES string of the molecule is Nc1cc(C(=O)O)cc([N+](=O)[O-])c1.Nc1ccc(C(=O)O)cc1. The largest absolute Gasteiger partial charge is 0.478 e. The van der Waals surface area contributed by atoms with E-state index in [4.69, 9.17) is 21.7 Å². The fourth-order valence-corrected chi connectivity index (χ4v) is 1.49. The molecular weight excluding hydrogens is 306 g/mol. The third kappa shape index (κ3) is 5.34. The Balaban J connectivity index is 0.000000238. The molecule has 0 spiro atoms. The first-order valence-electron chi connectivity index (χ1n) is 6.07. The van der Waals surface area contributed by atoms with Crippen molar-refractivity contribution in [3.05, 3.63) is 63.7 Å². The second-order valence-corrected chi connectivity index (χ2v) is 4.30. The van der Waals surface area contributed by atoms with Gasteiger partial charge in [-0.15, -0.1) is 0 Å². The molecule has 0 aromatic heterocycles. The van der Waals surface area contributed by atoms with Crippen LogP contribution in [0.1, 0.15) is 20.7 Å². The van der Waals surface area contributed by atoms with E-state index in [2.05, 4.69) is 0 Å². The van der Waals surface area contributed by atoms with Crippen molar-refractivity contribution in [2.75, 3.05) is 11.5 Å². The van der Waals surface area contributed by atoms with Crippen LogP contribution in [0.15, 0.2) is 42.5 Å². The average molecular weight is 319 g/mol. The molecule has 0 aliphatic heterocycles. The third-order valence-corrected chi connectivity index (χ3v) is 2.56. The highest BCUT2D eigenvalue weighted by molar-refractivity contribution is 5.89. The average Bonchev–Trinajstić information content (AvgIpc) is 2.47. The summed E-state index contributed by atoms with van der Waals surface area (Å²) in [4.78, 5) is 30.3. The Labute approximate surface area is 129 Å². The van der Waals surface area contributed by atoms with Gasteiger partial charge in [0.15, 0.2) is 0 Å². The highest BCUT2D eigenvalue weighted by atomic mass is 16.6. The number of hydrogen-bond donors (Lipinski definition) is 4. The van der Waals surface area contributed by atoms with Crippen molar-refractivity contribution < 1.29 is 24.7 Å². The summed E-state index contributed by atoms with van der Waals surface area (Å²) in [5.74, 6) is -2.17. The molecule has 0 fully saturated rings. The van der Waals surface area contributed by atoms with E-state index in [1.54, 1.807) is 12.1 Å². The zero-order chi connectivity index (χ0) is 17.6. The minimum Gasteiger partial charge on any atom is -0.478 e. The number of anilines is 2. The molecule has 0 amide bonds. The molecule has 0 saturated carbocycles. The number of nitro groups is 1. The van der Waals surface area contributed by atoms with Crippen LogP contribution in [0, 0.1) is 10.1 Å². The van der Waals surface area contributed by atoms with Gasteiger partial charge >= 0.3 is 11.9 Å². The Kier molecular flexibility index (Phi) is 5.61. The van der Waals surface area contributed by atoms with Crippen molar-refractivity contribution in [3.63, 3.8) is 0 Å². The number of non-ortho nitro benzene ring substituents is 1. The molecule has 2 rings (SSSR count). The van der Waals surface area contributed by atoms with Crippen LogP contribution in [-0.4, -0.2) is 27.1 Å². The first kappa shape index (κ1) is 17.4. The van der Waals surface area contributed by atoms with Crippen LogP contribution in [0.5, 0.6) is 0 Å². The molecule has 0 bridgehead atoms. The number of nitrogens with zero attached hydrogens (tertiary/aromatic N) is 1. The second kappa shape index (κ2) is 7.41. The molecule has 120 valence electrons. The van der Waals surface area contributed by atoms with Crippen LogP contribution in [0.4, 0.5) is 17.1 Å².